The fraction of sp³-hybridized carbons (Fsp3) is 0.375. The van der Waals surface area contributed by atoms with Gasteiger partial charge < -0.3 is 10.2 Å². The maximum absolute atomic E-state index is 12.3. The molecule has 15 heavy (non-hydrogen) atoms. The van der Waals surface area contributed by atoms with Crippen molar-refractivity contribution in [3.05, 3.63) is 10.7 Å². The number of fused-ring (bicyclic) bond motifs is 1. The second kappa shape index (κ2) is 4.19. The number of pyridine rings is 1. The first kappa shape index (κ1) is 10.4. The normalized spacial score (nSPS) is 13.7. The van der Waals surface area contributed by atoms with E-state index < -0.39 is 6.67 Å². The van der Waals surface area contributed by atoms with E-state index >= 15 is 0 Å². The molecule has 82 valence electrons. The minimum atomic E-state index is -0.455. The van der Waals surface area contributed by atoms with Crippen LogP contribution in [0.4, 0.5) is 15.8 Å². The summed E-state index contributed by atoms with van der Waals surface area (Å²) >= 11 is 3.35. The van der Waals surface area contributed by atoms with Crippen molar-refractivity contribution in [2.45, 2.75) is 0 Å². The van der Waals surface area contributed by atoms with Crippen LogP contribution in [-0.2, 0) is 0 Å². The number of nitrogens with one attached hydrogen (secondary N) is 2. The van der Waals surface area contributed by atoms with Crippen molar-refractivity contribution in [2.24, 2.45) is 0 Å². The fourth-order valence-corrected chi connectivity index (χ4v) is 1.80. The molecule has 0 fully saturated rings. The standard InChI is InChI=1S/C8H10BrFN4O/c1-15-8-7-6(5(9)4-11-8)12-13-14(7)3-2-10/h4,12-13H,2-3H2,1H3. The van der Waals surface area contributed by atoms with Crippen molar-refractivity contribution in [2.75, 3.05) is 30.8 Å². The molecule has 0 spiro atoms. The zero-order chi connectivity index (χ0) is 10.8. The fourth-order valence-electron chi connectivity index (χ4n) is 1.41. The maximum atomic E-state index is 12.3. The van der Waals surface area contributed by atoms with Crippen LogP contribution < -0.4 is 20.7 Å². The van der Waals surface area contributed by atoms with Crippen LogP contribution in [-0.4, -0.2) is 25.3 Å². The smallest absolute Gasteiger partial charge is 0.241 e. The highest BCUT2D eigenvalue weighted by Crippen LogP contribution is 2.40. The molecule has 2 heterocycles. The molecule has 1 aliphatic rings. The summed E-state index contributed by atoms with van der Waals surface area (Å²) in [5, 5.41) is 1.62. The van der Waals surface area contributed by atoms with E-state index in [1.165, 1.54) is 7.11 Å². The summed E-state index contributed by atoms with van der Waals surface area (Å²) in [6.45, 7) is -0.224. The highest BCUT2D eigenvalue weighted by Gasteiger charge is 2.25. The average molecular weight is 277 g/mol. The molecule has 0 unspecified atom stereocenters. The van der Waals surface area contributed by atoms with Gasteiger partial charge in [0.05, 0.1) is 23.8 Å². The van der Waals surface area contributed by atoms with Crippen LogP contribution in [0, 0.1) is 0 Å². The van der Waals surface area contributed by atoms with Gasteiger partial charge in [0.2, 0.25) is 5.88 Å². The Bertz CT molecular complexity index is 376. The average Bonchev–Trinajstić information content (AvgIpc) is 2.65. The van der Waals surface area contributed by atoms with E-state index in [2.05, 4.69) is 31.9 Å². The van der Waals surface area contributed by atoms with E-state index in [1.54, 1.807) is 11.2 Å². The molecule has 1 aromatic heterocycles. The lowest BCUT2D eigenvalue weighted by atomic mass is 10.3. The van der Waals surface area contributed by atoms with Gasteiger partial charge in [-0.05, 0) is 15.9 Å². The van der Waals surface area contributed by atoms with Crippen LogP contribution >= 0.6 is 15.9 Å². The number of hydrogen-bond acceptors (Lipinski definition) is 5. The van der Waals surface area contributed by atoms with E-state index in [-0.39, 0.29) is 6.54 Å². The third-order valence-electron chi connectivity index (χ3n) is 2.06. The first-order valence-corrected chi connectivity index (χ1v) is 5.15. The number of halogens is 2. The number of alkyl halides is 1. The van der Waals surface area contributed by atoms with Gasteiger partial charge in [0.25, 0.3) is 0 Å². The van der Waals surface area contributed by atoms with Gasteiger partial charge in [-0.15, -0.1) is 5.53 Å². The molecule has 0 aromatic carbocycles. The van der Waals surface area contributed by atoms with Gasteiger partial charge in [0.1, 0.15) is 12.4 Å². The van der Waals surface area contributed by atoms with Gasteiger partial charge in [-0.3, -0.25) is 5.01 Å². The highest BCUT2D eigenvalue weighted by molar-refractivity contribution is 9.10. The number of rotatable bonds is 3. The summed E-state index contributed by atoms with van der Waals surface area (Å²) in [5.41, 5.74) is 7.27. The van der Waals surface area contributed by atoms with E-state index in [0.29, 0.717) is 11.6 Å². The number of aromatic nitrogens is 1. The second-order valence-electron chi connectivity index (χ2n) is 2.92. The van der Waals surface area contributed by atoms with Crippen LogP contribution in [0.3, 0.4) is 0 Å². The molecule has 2 N–H and O–H groups in total. The van der Waals surface area contributed by atoms with Gasteiger partial charge in [-0.25, -0.2) is 9.37 Å². The van der Waals surface area contributed by atoms with Gasteiger partial charge in [0.15, 0.2) is 0 Å². The molecule has 1 aromatic rings. The van der Waals surface area contributed by atoms with Crippen LogP contribution in [0.1, 0.15) is 0 Å². The lowest BCUT2D eigenvalue weighted by Crippen LogP contribution is -2.37. The Hall–Kier alpha value is -1.08. The quantitative estimate of drug-likeness (QED) is 0.876. The summed E-state index contributed by atoms with van der Waals surface area (Å²) < 4.78 is 18.2. The lowest BCUT2D eigenvalue weighted by Gasteiger charge is -2.16. The highest BCUT2D eigenvalue weighted by atomic mass is 79.9. The van der Waals surface area contributed by atoms with Gasteiger partial charge in [-0.1, -0.05) is 0 Å². The molecular formula is C8H10BrFN4O. The zero-order valence-corrected chi connectivity index (χ0v) is 9.64. The second-order valence-corrected chi connectivity index (χ2v) is 3.77. The molecule has 0 saturated carbocycles. The predicted molar refractivity (Wildman–Crippen MR) is 58.6 cm³/mol. The van der Waals surface area contributed by atoms with Crippen molar-refractivity contribution in [3.63, 3.8) is 0 Å². The molecule has 0 radical (unpaired) electrons. The van der Waals surface area contributed by atoms with E-state index in [4.69, 9.17) is 4.74 Å². The lowest BCUT2D eigenvalue weighted by molar-refractivity contribution is 0.396. The van der Waals surface area contributed by atoms with Crippen molar-refractivity contribution in [1.29, 1.82) is 0 Å². The molecule has 0 amide bonds. The molecule has 5 nitrogen and oxygen atoms in total. The molecule has 2 rings (SSSR count). The van der Waals surface area contributed by atoms with Crippen LogP contribution in [0.5, 0.6) is 5.88 Å². The minimum Gasteiger partial charge on any atom is -0.479 e. The Morgan fingerprint density at radius 2 is 2.47 bits per heavy atom. The molecule has 0 bridgehead atoms. The topological polar surface area (TPSA) is 49.4 Å². The molecule has 0 atom stereocenters. The van der Waals surface area contributed by atoms with E-state index in [9.17, 15) is 4.39 Å². The summed E-state index contributed by atoms with van der Waals surface area (Å²) in [6.07, 6.45) is 1.63. The number of nitrogens with zero attached hydrogens (tertiary/aromatic N) is 2. The summed E-state index contributed by atoms with van der Waals surface area (Å²) in [7, 11) is 1.53. The maximum Gasteiger partial charge on any atom is 0.241 e. The first-order valence-electron chi connectivity index (χ1n) is 4.35. The van der Waals surface area contributed by atoms with Gasteiger partial charge >= 0.3 is 0 Å². The molecule has 7 heteroatoms. The predicted octanol–water partition coefficient (Wildman–Crippen LogP) is 1.47. The summed E-state index contributed by atoms with van der Waals surface area (Å²) in [4.78, 5) is 4.09. The monoisotopic (exact) mass is 276 g/mol. The van der Waals surface area contributed by atoms with Gasteiger partial charge in [-0.2, -0.15) is 0 Å². The van der Waals surface area contributed by atoms with Crippen molar-refractivity contribution in [1.82, 2.24) is 10.5 Å². The Kier molecular flexibility index (Phi) is 2.92. The molecular weight excluding hydrogens is 267 g/mol. The Morgan fingerprint density at radius 3 is 3.13 bits per heavy atom. The van der Waals surface area contributed by atoms with Crippen molar-refractivity contribution < 1.29 is 9.13 Å². The van der Waals surface area contributed by atoms with E-state index in [1.807, 2.05) is 0 Å². The zero-order valence-electron chi connectivity index (χ0n) is 8.05. The number of anilines is 2. The Labute approximate surface area is 94.7 Å². The van der Waals surface area contributed by atoms with Crippen molar-refractivity contribution >= 4 is 27.3 Å². The number of hydrazine groups is 2. The third-order valence-corrected chi connectivity index (χ3v) is 2.66. The van der Waals surface area contributed by atoms with Crippen LogP contribution in [0.2, 0.25) is 0 Å². The number of methoxy groups -OCH3 is 1. The number of hydrogen-bond donors (Lipinski definition) is 2. The van der Waals surface area contributed by atoms with Crippen LogP contribution in [0.15, 0.2) is 10.7 Å². The Morgan fingerprint density at radius 1 is 1.67 bits per heavy atom. The molecule has 0 aliphatic carbocycles. The number of ether oxygens (including phenoxy) is 1. The van der Waals surface area contributed by atoms with Crippen LogP contribution in [0.25, 0.3) is 0 Å². The molecule has 0 saturated heterocycles. The SMILES string of the molecule is COc1ncc(Br)c2c1N(CCF)NN2. The van der Waals surface area contributed by atoms with Crippen molar-refractivity contribution in [3.8, 4) is 5.88 Å². The largest absolute Gasteiger partial charge is 0.479 e. The van der Waals surface area contributed by atoms with Gasteiger partial charge in [0, 0.05) is 6.20 Å². The summed E-state index contributed by atoms with van der Waals surface area (Å²) in [5.74, 6) is 0.458. The van der Waals surface area contributed by atoms with E-state index in [0.717, 1.165) is 10.2 Å². The Balaban J connectivity index is 2.43. The molecule has 1 aliphatic heterocycles. The third kappa shape index (κ3) is 1.72. The summed E-state index contributed by atoms with van der Waals surface area (Å²) in [6, 6.07) is 0. The minimum absolute atomic E-state index is 0.231. The first-order chi connectivity index (χ1) is 7.27.